The Hall–Kier alpha value is -1.95. The molecule has 0 saturated heterocycles. The highest BCUT2D eigenvalue weighted by molar-refractivity contribution is 9.11. The second-order valence-corrected chi connectivity index (χ2v) is 12.1. The molecule has 2 heterocycles. The van der Waals surface area contributed by atoms with Crippen LogP contribution in [0.3, 0.4) is 0 Å². The number of thiophene rings is 1. The van der Waals surface area contributed by atoms with Crippen LogP contribution >= 0.6 is 39.0 Å². The minimum atomic E-state index is -3.80. The third-order valence-electron chi connectivity index (χ3n) is 4.06. The molecule has 11 heteroatoms. The van der Waals surface area contributed by atoms with Crippen molar-refractivity contribution >= 4 is 66.3 Å². The lowest BCUT2D eigenvalue weighted by molar-refractivity contribution is -0.113. The fourth-order valence-corrected chi connectivity index (χ4v) is 6.49. The van der Waals surface area contributed by atoms with Gasteiger partial charge in [0.25, 0.3) is 0 Å². The molecular formula is C19H19BrN4O3S3. The Morgan fingerprint density at radius 1 is 1.23 bits per heavy atom. The van der Waals surface area contributed by atoms with Crippen molar-refractivity contribution in [2.24, 2.45) is 0 Å². The van der Waals surface area contributed by atoms with E-state index in [0.29, 0.717) is 15.4 Å². The number of nitrogens with zero attached hydrogens (tertiary/aromatic N) is 2. The van der Waals surface area contributed by atoms with Gasteiger partial charge in [0.05, 0.1) is 15.7 Å². The number of sulfone groups is 1. The summed E-state index contributed by atoms with van der Waals surface area (Å²) in [5, 5.41) is 3.03. The maximum atomic E-state index is 12.7. The van der Waals surface area contributed by atoms with E-state index in [2.05, 4.69) is 45.1 Å². The highest BCUT2D eigenvalue weighted by Gasteiger charge is 2.24. The minimum Gasteiger partial charge on any atom is -0.382 e. The Morgan fingerprint density at radius 2 is 1.93 bits per heavy atom. The van der Waals surface area contributed by atoms with E-state index in [-0.39, 0.29) is 31.7 Å². The van der Waals surface area contributed by atoms with Crippen LogP contribution in [0.1, 0.15) is 25.3 Å². The Morgan fingerprint density at radius 3 is 2.50 bits per heavy atom. The maximum absolute atomic E-state index is 12.7. The van der Waals surface area contributed by atoms with Gasteiger partial charge in [-0.15, -0.1) is 11.3 Å². The van der Waals surface area contributed by atoms with Gasteiger partial charge >= 0.3 is 0 Å². The highest BCUT2D eigenvalue weighted by Crippen LogP contribution is 2.32. The van der Waals surface area contributed by atoms with Gasteiger partial charge in [-0.2, -0.15) is 0 Å². The third kappa shape index (κ3) is 5.39. The molecule has 0 atom stereocenters. The zero-order valence-corrected chi connectivity index (χ0v) is 20.2. The first-order valence-corrected chi connectivity index (χ1v) is 12.9. The Kier molecular flexibility index (Phi) is 7.17. The molecule has 0 radical (unpaired) electrons. The summed E-state index contributed by atoms with van der Waals surface area (Å²) in [5.41, 5.74) is 7.76. The summed E-state index contributed by atoms with van der Waals surface area (Å²) in [4.78, 5) is 20.1. The zero-order chi connectivity index (χ0) is 21.9. The fraction of sp³-hybridized carbons (Fsp3) is 0.211. The van der Waals surface area contributed by atoms with Crippen LogP contribution in [0.15, 0.2) is 60.6 Å². The molecule has 7 nitrogen and oxygen atoms in total. The third-order valence-corrected chi connectivity index (χ3v) is 8.80. The van der Waals surface area contributed by atoms with Gasteiger partial charge < -0.3 is 11.1 Å². The molecule has 0 aliphatic carbocycles. The molecule has 0 aliphatic heterocycles. The lowest BCUT2D eigenvalue weighted by Crippen LogP contribution is -2.14. The van der Waals surface area contributed by atoms with Crippen LogP contribution in [0, 0.1) is 0 Å². The monoisotopic (exact) mass is 526 g/mol. The second kappa shape index (κ2) is 9.46. The van der Waals surface area contributed by atoms with Crippen LogP contribution in [-0.2, 0) is 14.6 Å². The van der Waals surface area contributed by atoms with Gasteiger partial charge in [0.2, 0.25) is 15.7 Å². The first-order valence-electron chi connectivity index (χ1n) is 8.82. The molecule has 1 amide bonds. The summed E-state index contributed by atoms with van der Waals surface area (Å²) in [7, 11) is -3.80. The number of halogens is 1. The molecule has 3 aromatic rings. The summed E-state index contributed by atoms with van der Waals surface area (Å²) >= 11 is 5.40. The van der Waals surface area contributed by atoms with E-state index in [9.17, 15) is 13.2 Å². The molecule has 30 heavy (non-hydrogen) atoms. The predicted molar refractivity (Wildman–Crippen MR) is 124 cm³/mol. The van der Waals surface area contributed by atoms with Crippen molar-refractivity contribution in [3.8, 4) is 0 Å². The highest BCUT2D eigenvalue weighted by atomic mass is 79.9. The van der Waals surface area contributed by atoms with Crippen molar-refractivity contribution in [3.05, 3.63) is 51.9 Å². The Labute approximate surface area is 191 Å². The maximum Gasteiger partial charge on any atom is 0.234 e. The molecule has 0 unspecified atom stereocenters. The molecule has 0 saturated carbocycles. The number of nitrogens with two attached hydrogens (primary N) is 1. The van der Waals surface area contributed by atoms with Gasteiger partial charge in [-0.25, -0.2) is 18.4 Å². The standard InChI is InChI=1S/C19H19BrN4O3S3/c1-11(2)12-3-5-13(6-4-12)23-16(25)10-28-19-22-9-14(18(21)24-19)30(26,27)17-8-7-15(20)29-17/h3-9,11H,10H2,1-2H3,(H,23,25)(H2,21,22,24). The van der Waals surface area contributed by atoms with Crippen molar-refractivity contribution < 1.29 is 13.2 Å². The lowest BCUT2D eigenvalue weighted by Gasteiger charge is -2.09. The number of thioether (sulfide) groups is 1. The molecule has 1 aromatic carbocycles. The fourth-order valence-electron chi connectivity index (χ4n) is 2.47. The average molecular weight is 527 g/mol. The van der Waals surface area contributed by atoms with E-state index in [4.69, 9.17) is 5.73 Å². The van der Waals surface area contributed by atoms with E-state index in [1.807, 2.05) is 24.3 Å². The molecular weight excluding hydrogens is 508 g/mol. The van der Waals surface area contributed by atoms with Gasteiger partial charge in [-0.1, -0.05) is 37.7 Å². The number of anilines is 2. The predicted octanol–water partition coefficient (Wildman–Crippen LogP) is 4.57. The number of nitrogen functional groups attached to an aromatic ring is 1. The summed E-state index contributed by atoms with van der Waals surface area (Å²) in [5.74, 6) is 0.109. The van der Waals surface area contributed by atoms with E-state index in [1.165, 1.54) is 17.8 Å². The number of nitrogens with one attached hydrogen (secondary N) is 1. The number of carbonyl (C=O) groups excluding carboxylic acids is 1. The average Bonchev–Trinajstić information content (AvgIpc) is 3.14. The van der Waals surface area contributed by atoms with Crippen molar-refractivity contribution in [3.63, 3.8) is 0 Å². The van der Waals surface area contributed by atoms with Crippen LogP contribution in [0.2, 0.25) is 0 Å². The normalized spacial score (nSPS) is 11.6. The van der Waals surface area contributed by atoms with Crippen LogP contribution in [0.25, 0.3) is 0 Å². The molecule has 0 aliphatic rings. The van der Waals surface area contributed by atoms with Gasteiger partial charge in [-0.05, 0) is 51.7 Å². The summed E-state index contributed by atoms with van der Waals surface area (Å²) in [6, 6.07) is 10.8. The zero-order valence-electron chi connectivity index (χ0n) is 16.1. The SMILES string of the molecule is CC(C)c1ccc(NC(=O)CSc2ncc(S(=O)(=O)c3ccc(Br)s3)c(N)n2)cc1. The second-order valence-electron chi connectivity index (χ2n) is 6.58. The van der Waals surface area contributed by atoms with Gasteiger partial charge in [0, 0.05) is 5.69 Å². The lowest BCUT2D eigenvalue weighted by atomic mass is 10.0. The number of rotatable bonds is 7. The molecule has 158 valence electrons. The first kappa shape index (κ1) is 22.7. The molecule has 3 N–H and O–H groups in total. The van der Waals surface area contributed by atoms with Crippen molar-refractivity contribution in [2.45, 2.75) is 34.0 Å². The Balaban J connectivity index is 1.63. The first-order chi connectivity index (χ1) is 14.2. The molecule has 0 spiro atoms. The number of hydrogen-bond donors (Lipinski definition) is 2. The van der Waals surface area contributed by atoms with Gasteiger partial charge in [0.15, 0.2) is 5.16 Å². The van der Waals surface area contributed by atoms with Crippen LogP contribution in [0.4, 0.5) is 11.5 Å². The van der Waals surface area contributed by atoms with Crippen LogP contribution < -0.4 is 11.1 Å². The van der Waals surface area contributed by atoms with Gasteiger partial charge in [-0.3, -0.25) is 4.79 Å². The van der Waals surface area contributed by atoms with Gasteiger partial charge in [0.1, 0.15) is 14.9 Å². The number of aromatic nitrogens is 2. The minimum absolute atomic E-state index is 0.0648. The summed E-state index contributed by atoms with van der Waals surface area (Å²) < 4.78 is 26.2. The van der Waals surface area contributed by atoms with E-state index in [0.717, 1.165) is 23.1 Å². The van der Waals surface area contributed by atoms with E-state index < -0.39 is 9.84 Å². The largest absolute Gasteiger partial charge is 0.382 e. The van der Waals surface area contributed by atoms with Crippen LogP contribution in [0.5, 0.6) is 0 Å². The molecule has 0 fully saturated rings. The van der Waals surface area contributed by atoms with Crippen molar-refractivity contribution in [2.75, 3.05) is 16.8 Å². The molecule has 3 rings (SSSR count). The van der Waals surface area contributed by atoms with Crippen LogP contribution in [-0.4, -0.2) is 30.0 Å². The summed E-state index contributed by atoms with van der Waals surface area (Å²) in [6.07, 6.45) is 1.18. The Bertz CT molecular complexity index is 1160. The van der Waals surface area contributed by atoms with E-state index in [1.54, 1.807) is 6.07 Å². The molecule has 2 aromatic heterocycles. The topological polar surface area (TPSA) is 115 Å². The van der Waals surface area contributed by atoms with E-state index >= 15 is 0 Å². The van der Waals surface area contributed by atoms with Crippen molar-refractivity contribution in [1.82, 2.24) is 9.97 Å². The number of amides is 1. The summed E-state index contributed by atoms with van der Waals surface area (Å²) in [6.45, 7) is 4.21. The molecule has 0 bridgehead atoms. The van der Waals surface area contributed by atoms with Crippen molar-refractivity contribution in [1.29, 1.82) is 0 Å². The quantitative estimate of drug-likeness (QED) is 0.342. The number of carbonyl (C=O) groups is 1. The number of hydrogen-bond acceptors (Lipinski definition) is 8. The smallest absolute Gasteiger partial charge is 0.234 e. The number of benzene rings is 1.